The summed E-state index contributed by atoms with van der Waals surface area (Å²) in [7, 11) is 1.60. The second kappa shape index (κ2) is 6.89. The molecule has 0 fully saturated rings. The largest absolute Gasteiger partial charge is 0.493 e. The van der Waals surface area contributed by atoms with Gasteiger partial charge in [-0.05, 0) is 31.4 Å². The summed E-state index contributed by atoms with van der Waals surface area (Å²) < 4.78 is 51.8. The lowest BCUT2D eigenvalue weighted by Gasteiger charge is -2.06. The van der Waals surface area contributed by atoms with Crippen LogP contribution in [0.5, 0.6) is 5.75 Å². The molecule has 1 rings (SSSR count). The number of halogens is 3. The first-order valence-electron chi connectivity index (χ1n) is 5.39. The van der Waals surface area contributed by atoms with Crippen LogP contribution in [0.3, 0.4) is 0 Å². The van der Waals surface area contributed by atoms with E-state index in [1.54, 1.807) is 0 Å². The van der Waals surface area contributed by atoms with Crippen molar-refractivity contribution in [1.82, 2.24) is 0 Å². The van der Waals surface area contributed by atoms with E-state index in [9.17, 15) is 17.2 Å². The number of ether oxygens (including phenoxy) is 1. The highest BCUT2D eigenvalue weighted by molar-refractivity contribution is 8.13. The van der Waals surface area contributed by atoms with Crippen molar-refractivity contribution in [3.8, 4) is 5.75 Å². The lowest BCUT2D eigenvalue weighted by Crippen LogP contribution is -2.01. The monoisotopic (exact) mass is 298 g/mol. The highest BCUT2D eigenvalue weighted by Gasteiger charge is 2.05. The van der Waals surface area contributed by atoms with Gasteiger partial charge in [-0.2, -0.15) is 0 Å². The number of unbranched alkanes of at least 4 members (excludes halogenated alkanes) is 2. The average Bonchev–Trinajstić information content (AvgIpc) is 2.26. The zero-order valence-electron chi connectivity index (χ0n) is 9.53. The van der Waals surface area contributed by atoms with E-state index >= 15 is 0 Å². The first-order chi connectivity index (χ1) is 8.38. The molecule has 0 aliphatic rings. The van der Waals surface area contributed by atoms with Crippen molar-refractivity contribution in [2.75, 3.05) is 12.4 Å². The van der Waals surface area contributed by atoms with Gasteiger partial charge < -0.3 is 4.74 Å². The van der Waals surface area contributed by atoms with Crippen LogP contribution < -0.4 is 4.74 Å². The summed E-state index contributed by atoms with van der Waals surface area (Å²) in [5, 5.41) is 0. The van der Waals surface area contributed by atoms with E-state index in [2.05, 4.69) is 0 Å². The molecule has 0 unspecified atom stereocenters. The molecule has 0 N–H and O–H groups in total. The zero-order chi connectivity index (χ0) is 13.6. The summed E-state index contributed by atoms with van der Waals surface area (Å²) in [6.07, 6.45) is 1.70. The predicted octanol–water partition coefficient (Wildman–Crippen LogP) is 3.08. The maximum Gasteiger partial charge on any atom is 0.232 e. The molecule has 0 aliphatic heterocycles. The van der Waals surface area contributed by atoms with Gasteiger partial charge in [0.1, 0.15) is 5.75 Å². The van der Waals surface area contributed by atoms with Crippen LogP contribution in [0.4, 0.5) is 8.78 Å². The Labute approximate surface area is 109 Å². The Hall–Kier alpha value is -0.880. The zero-order valence-corrected chi connectivity index (χ0v) is 11.1. The Kier molecular flexibility index (Phi) is 5.81. The number of hydrogen-bond acceptors (Lipinski definition) is 3. The molecule has 0 aromatic heterocycles. The van der Waals surface area contributed by atoms with Crippen molar-refractivity contribution in [1.29, 1.82) is 0 Å². The van der Waals surface area contributed by atoms with E-state index < -0.39 is 20.7 Å². The number of rotatable bonds is 7. The maximum absolute atomic E-state index is 12.8. The number of benzene rings is 1. The van der Waals surface area contributed by atoms with E-state index in [1.807, 2.05) is 0 Å². The quantitative estimate of drug-likeness (QED) is 0.574. The van der Waals surface area contributed by atoms with Gasteiger partial charge in [-0.15, -0.1) is 0 Å². The Morgan fingerprint density at radius 2 is 1.83 bits per heavy atom. The molecule has 102 valence electrons. The van der Waals surface area contributed by atoms with Crippen LogP contribution in [-0.4, -0.2) is 20.8 Å². The molecule has 0 aliphatic carbocycles. The Balaban J connectivity index is 2.20. The summed E-state index contributed by atoms with van der Waals surface area (Å²) >= 11 is 0. The maximum atomic E-state index is 12.8. The highest BCUT2D eigenvalue weighted by atomic mass is 35.7. The summed E-state index contributed by atoms with van der Waals surface area (Å²) in [5.74, 6) is -1.70. The summed E-state index contributed by atoms with van der Waals surface area (Å²) in [4.78, 5) is 0. The average molecular weight is 299 g/mol. The van der Waals surface area contributed by atoms with Gasteiger partial charge in [0.05, 0.1) is 12.4 Å². The Morgan fingerprint density at radius 1 is 1.11 bits per heavy atom. The molecule has 0 saturated carbocycles. The molecule has 0 amide bonds. The van der Waals surface area contributed by atoms with Crippen molar-refractivity contribution >= 4 is 19.7 Å². The molecule has 3 nitrogen and oxygen atoms in total. The van der Waals surface area contributed by atoms with Gasteiger partial charge in [0.25, 0.3) is 0 Å². The predicted molar refractivity (Wildman–Crippen MR) is 65.3 cm³/mol. The lowest BCUT2D eigenvalue weighted by molar-refractivity contribution is 0.303. The van der Waals surface area contributed by atoms with Crippen LogP contribution in [0.15, 0.2) is 18.2 Å². The molecule has 0 heterocycles. The van der Waals surface area contributed by atoms with Gasteiger partial charge in [0, 0.05) is 16.7 Å². The highest BCUT2D eigenvalue weighted by Crippen LogP contribution is 2.15. The van der Waals surface area contributed by atoms with Crippen LogP contribution >= 0.6 is 10.7 Å². The van der Waals surface area contributed by atoms with Gasteiger partial charge in [-0.1, -0.05) is 0 Å². The smallest absolute Gasteiger partial charge is 0.232 e. The fourth-order valence-electron chi connectivity index (χ4n) is 1.31. The normalized spacial score (nSPS) is 11.5. The van der Waals surface area contributed by atoms with E-state index in [1.165, 1.54) is 6.07 Å². The minimum absolute atomic E-state index is 0.0697. The molecule has 0 atom stereocenters. The van der Waals surface area contributed by atoms with Crippen molar-refractivity contribution in [3.63, 3.8) is 0 Å². The van der Waals surface area contributed by atoms with Crippen LogP contribution in [0.25, 0.3) is 0 Å². The molecule has 0 saturated heterocycles. The third-order valence-electron chi connectivity index (χ3n) is 2.19. The Morgan fingerprint density at radius 3 is 2.44 bits per heavy atom. The van der Waals surface area contributed by atoms with E-state index in [-0.39, 0.29) is 11.5 Å². The molecule has 1 aromatic carbocycles. The van der Waals surface area contributed by atoms with Gasteiger partial charge >= 0.3 is 0 Å². The van der Waals surface area contributed by atoms with Crippen LogP contribution in [0.2, 0.25) is 0 Å². The minimum atomic E-state index is -3.43. The van der Waals surface area contributed by atoms with Crippen molar-refractivity contribution < 1.29 is 21.9 Å². The molecule has 0 spiro atoms. The van der Waals surface area contributed by atoms with E-state index in [4.69, 9.17) is 15.4 Å². The molecule has 18 heavy (non-hydrogen) atoms. The first kappa shape index (κ1) is 15.2. The fraction of sp³-hybridized carbons (Fsp3) is 0.455. The molecular formula is C11H13ClF2O3S. The topological polar surface area (TPSA) is 43.4 Å². The van der Waals surface area contributed by atoms with Crippen molar-refractivity contribution in [2.24, 2.45) is 0 Å². The minimum Gasteiger partial charge on any atom is -0.493 e. The summed E-state index contributed by atoms with van der Waals surface area (Å²) in [5.41, 5.74) is 0. The standard InChI is InChI=1S/C11H13ClF2O3S/c12-18(15,16)7-3-1-2-6-17-9-4-5-10(13)11(14)8-9/h4-5,8H,1-3,6-7H2. The molecule has 1 aromatic rings. The summed E-state index contributed by atoms with van der Waals surface area (Å²) in [6.45, 7) is 0.313. The summed E-state index contributed by atoms with van der Waals surface area (Å²) in [6, 6.07) is 3.30. The number of hydrogen-bond donors (Lipinski definition) is 0. The van der Waals surface area contributed by atoms with E-state index in [0.717, 1.165) is 12.1 Å². The Bertz CT molecular complexity index is 491. The second-order valence-corrected chi connectivity index (χ2v) is 6.62. The van der Waals surface area contributed by atoms with Crippen molar-refractivity contribution in [3.05, 3.63) is 29.8 Å². The molecule has 0 bridgehead atoms. The molecular weight excluding hydrogens is 286 g/mol. The lowest BCUT2D eigenvalue weighted by atomic mass is 10.2. The fourth-order valence-corrected chi connectivity index (χ4v) is 2.19. The third kappa shape index (κ3) is 6.16. The van der Waals surface area contributed by atoms with Crippen LogP contribution in [0, 0.1) is 11.6 Å². The van der Waals surface area contributed by atoms with Gasteiger partial charge in [0.15, 0.2) is 11.6 Å². The van der Waals surface area contributed by atoms with Gasteiger partial charge in [-0.3, -0.25) is 0 Å². The molecule has 0 radical (unpaired) electrons. The molecule has 7 heteroatoms. The van der Waals surface area contributed by atoms with E-state index in [0.29, 0.717) is 25.9 Å². The van der Waals surface area contributed by atoms with Crippen molar-refractivity contribution in [2.45, 2.75) is 19.3 Å². The van der Waals surface area contributed by atoms with Gasteiger partial charge in [-0.25, -0.2) is 17.2 Å². The van der Waals surface area contributed by atoms with Crippen LogP contribution in [0.1, 0.15) is 19.3 Å². The van der Waals surface area contributed by atoms with Gasteiger partial charge in [0.2, 0.25) is 9.05 Å². The second-order valence-electron chi connectivity index (χ2n) is 3.73. The first-order valence-corrected chi connectivity index (χ1v) is 7.86. The third-order valence-corrected chi connectivity index (χ3v) is 3.43. The van der Waals surface area contributed by atoms with Crippen LogP contribution in [-0.2, 0) is 9.05 Å². The SMILES string of the molecule is O=S(=O)(Cl)CCCCCOc1ccc(F)c(F)c1.